The Labute approximate surface area is 112 Å². The van der Waals surface area contributed by atoms with Crippen molar-refractivity contribution in [2.24, 2.45) is 5.41 Å². The van der Waals surface area contributed by atoms with E-state index in [9.17, 15) is 4.79 Å². The molecule has 1 fully saturated rings. The van der Waals surface area contributed by atoms with Crippen molar-refractivity contribution >= 4 is 17.2 Å². The number of rotatable bonds is 4. The van der Waals surface area contributed by atoms with E-state index in [1.54, 1.807) is 13.2 Å². The second-order valence-electron chi connectivity index (χ2n) is 5.09. The summed E-state index contributed by atoms with van der Waals surface area (Å²) in [6, 6.07) is 1.78. The quantitative estimate of drug-likeness (QED) is 0.876. The minimum atomic E-state index is 0.00283. The number of methoxy groups -OCH3 is 1. The van der Waals surface area contributed by atoms with Gasteiger partial charge in [-0.3, -0.25) is 4.79 Å². The third-order valence-electron chi connectivity index (χ3n) is 3.52. The number of thiophene rings is 1. The normalized spacial score (nSPS) is 18.3. The molecule has 1 aliphatic rings. The minimum Gasteiger partial charge on any atom is -0.496 e. The molecule has 0 saturated carbocycles. The lowest BCUT2D eigenvalue weighted by Gasteiger charge is -2.34. The van der Waals surface area contributed by atoms with Gasteiger partial charge in [0.25, 0.3) is 5.91 Å². The lowest BCUT2D eigenvalue weighted by atomic mass is 9.81. The first kappa shape index (κ1) is 13.4. The second kappa shape index (κ2) is 5.71. The molecule has 0 unspecified atom stereocenters. The van der Waals surface area contributed by atoms with Crippen molar-refractivity contribution in [2.45, 2.75) is 19.8 Å². The highest BCUT2D eigenvalue weighted by Crippen LogP contribution is 2.27. The Kier molecular flexibility index (Phi) is 4.24. The number of carbonyl (C=O) groups excluding carboxylic acids is 1. The minimum absolute atomic E-state index is 0.00283. The topological polar surface area (TPSA) is 50.4 Å². The summed E-state index contributed by atoms with van der Waals surface area (Å²) in [5.41, 5.74) is 0.224. The molecule has 1 amide bonds. The average molecular weight is 268 g/mol. The zero-order valence-corrected chi connectivity index (χ0v) is 11.7. The SMILES string of the molecule is COc1csc(C(=O)NCC2(C)CCNCC2)c1. The van der Waals surface area contributed by atoms with Crippen molar-refractivity contribution in [3.63, 3.8) is 0 Å². The predicted molar refractivity (Wildman–Crippen MR) is 73.4 cm³/mol. The fraction of sp³-hybridized carbons (Fsp3) is 0.615. The first-order valence-electron chi connectivity index (χ1n) is 6.24. The van der Waals surface area contributed by atoms with Gasteiger partial charge in [-0.25, -0.2) is 0 Å². The molecule has 1 aromatic heterocycles. The van der Waals surface area contributed by atoms with Crippen molar-refractivity contribution in [3.8, 4) is 5.75 Å². The maximum absolute atomic E-state index is 12.0. The van der Waals surface area contributed by atoms with Gasteiger partial charge in [-0.15, -0.1) is 11.3 Å². The Morgan fingerprint density at radius 1 is 1.56 bits per heavy atom. The van der Waals surface area contributed by atoms with Crippen LogP contribution < -0.4 is 15.4 Å². The van der Waals surface area contributed by atoms with Crippen molar-refractivity contribution in [2.75, 3.05) is 26.7 Å². The summed E-state index contributed by atoms with van der Waals surface area (Å²) in [4.78, 5) is 12.7. The van der Waals surface area contributed by atoms with E-state index >= 15 is 0 Å². The monoisotopic (exact) mass is 268 g/mol. The molecule has 0 radical (unpaired) electrons. The second-order valence-corrected chi connectivity index (χ2v) is 6.01. The molecule has 2 N–H and O–H groups in total. The third kappa shape index (κ3) is 3.23. The van der Waals surface area contributed by atoms with Crippen molar-refractivity contribution in [1.82, 2.24) is 10.6 Å². The Balaban J connectivity index is 1.87. The van der Waals surface area contributed by atoms with E-state index in [-0.39, 0.29) is 11.3 Å². The van der Waals surface area contributed by atoms with Gasteiger partial charge in [0.1, 0.15) is 5.75 Å². The van der Waals surface area contributed by atoms with Crippen LogP contribution in [0.5, 0.6) is 5.75 Å². The number of nitrogens with one attached hydrogen (secondary N) is 2. The smallest absolute Gasteiger partial charge is 0.261 e. The van der Waals surface area contributed by atoms with Gasteiger partial charge in [0.2, 0.25) is 0 Å². The molecule has 0 bridgehead atoms. The van der Waals surface area contributed by atoms with Crippen LogP contribution in [0.25, 0.3) is 0 Å². The van der Waals surface area contributed by atoms with E-state index in [2.05, 4.69) is 17.6 Å². The average Bonchev–Trinajstić information content (AvgIpc) is 2.86. The van der Waals surface area contributed by atoms with Crippen LogP contribution in [0.2, 0.25) is 0 Å². The number of hydrogen-bond acceptors (Lipinski definition) is 4. The molecule has 1 saturated heterocycles. The van der Waals surface area contributed by atoms with Crippen LogP contribution in [-0.4, -0.2) is 32.7 Å². The number of piperidine rings is 1. The number of amides is 1. The highest BCUT2D eigenvalue weighted by molar-refractivity contribution is 7.12. The fourth-order valence-electron chi connectivity index (χ4n) is 2.13. The van der Waals surface area contributed by atoms with Crippen LogP contribution >= 0.6 is 11.3 Å². The Hall–Kier alpha value is -1.07. The summed E-state index contributed by atoms with van der Waals surface area (Å²) in [7, 11) is 1.61. The van der Waals surface area contributed by atoms with Crippen LogP contribution in [0, 0.1) is 5.41 Å². The van der Waals surface area contributed by atoms with Crippen LogP contribution in [0.1, 0.15) is 29.4 Å². The van der Waals surface area contributed by atoms with Crippen molar-refractivity contribution in [1.29, 1.82) is 0 Å². The van der Waals surface area contributed by atoms with Gasteiger partial charge in [-0.2, -0.15) is 0 Å². The summed E-state index contributed by atoms with van der Waals surface area (Å²) >= 11 is 1.42. The van der Waals surface area contributed by atoms with Crippen molar-refractivity contribution in [3.05, 3.63) is 16.3 Å². The number of ether oxygens (including phenoxy) is 1. The third-order valence-corrected chi connectivity index (χ3v) is 4.43. The van der Waals surface area contributed by atoms with Gasteiger partial charge in [-0.1, -0.05) is 6.92 Å². The molecule has 2 rings (SSSR count). The van der Waals surface area contributed by atoms with E-state index in [0.29, 0.717) is 4.88 Å². The number of carbonyl (C=O) groups is 1. The molecule has 0 aliphatic carbocycles. The summed E-state index contributed by atoms with van der Waals surface area (Å²) in [6.07, 6.45) is 2.22. The highest BCUT2D eigenvalue weighted by Gasteiger charge is 2.27. The molecule has 18 heavy (non-hydrogen) atoms. The van der Waals surface area contributed by atoms with Gasteiger partial charge in [0.15, 0.2) is 0 Å². The summed E-state index contributed by atoms with van der Waals surface area (Å²) < 4.78 is 5.08. The van der Waals surface area contributed by atoms with Crippen LogP contribution in [0.3, 0.4) is 0 Å². The van der Waals surface area contributed by atoms with Crippen molar-refractivity contribution < 1.29 is 9.53 Å². The summed E-state index contributed by atoms with van der Waals surface area (Å²) in [5, 5.41) is 8.23. The maximum Gasteiger partial charge on any atom is 0.261 e. The van der Waals surface area contributed by atoms with Gasteiger partial charge >= 0.3 is 0 Å². The van der Waals surface area contributed by atoms with E-state index in [0.717, 1.165) is 38.2 Å². The molecular weight excluding hydrogens is 248 g/mol. The lowest BCUT2D eigenvalue weighted by Crippen LogP contribution is -2.42. The van der Waals surface area contributed by atoms with E-state index in [1.165, 1.54) is 11.3 Å². The molecule has 0 aromatic carbocycles. The Morgan fingerprint density at radius 2 is 2.28 bits per heavy atom. The van der Waals surface area contributed by atoms with E-state index < -0.39 is 0 Å². The van der Waals surface area contributed by atoms with E-state index in [4.69, 9.17) is 4.74 Å². The fourth-order valence-corrected chi connectivity index (χ4v) is 2.90. The molecule has 0 atom stereocenters. The van der Waals surface area contributed by atoms with Gasteiger partial charge in [0.05, 0.1) is 12.0 Å². The zero-order valence-electron chi connectivity index (χ0n) is 10.9. The van der Waals surface area contributed by atoms with Gasteiger partial charge in [0, 0.05) is 18.0 Å². The van der Waals surface area contributed by atoms with Gasteiger partial charge < -0.3 is 15.4 Å². The lowest BCUT2D eigenvalue weighted by molar-refractivity contribution is 0.0926. The maximum atomic E-state index is 12.0. The first-order chi connectivity index (χ1) is 8.63. The largest absolute Gasteiger partial charge is 0.496 e. The molecule has 1 aliphatic heterocycles. The Bertz CT molecular complexity index is 411. The van der Waals surface area contributed by atoms with E-state index in [1.807, 2.05) is 5.38 Å². The highest BCUT2D eigenvalue weighted by atomic mass is 32.1. The van der Waals surface area contributed by atoms with Gasteiger partial charge in [-0.05, 0) is 31.3 Å². The predicted octanol–water partition coefficient (Wildman–Crippen LogP) is 1.88. The molecule has 100 valence electrons. The van der Waals surface area contributed by atoms with Crippen LogP contribution in [0.15, 0.2) is 11.4 Å². The number of hydrogen-bond donors (Lipinski definition) is 2. The molecule has 1 aromatic rings. The molecule has 5 heteroatoms. The first-order valence-corrected chi connectivity index (χ1v) is 7.12. The van der Waals surface area contributed by atoms with Crippen LogP contribution in [-0.2, 0) is 0 Å². The summed E-state index contributed by atoms with van der Waals surface area (Å²) in [6.45, 7) is 5.06. The molecule has 0 spiro atoms. The molecular formula is C13H20N2O2S. The molecule has 4 nitrogen and oxygen atoms in total. The standard InChI is InChI=1S/C13H20N2O2S/c1-13(3-5-14-6-4-13)9-15-12(16)11-7-10(17-2)8-18-11/h7-8,14H,3-6,9H2,1-2H3,(H,15,16). The Morgan fingerprint density at radius 3 is 2.89 bits per heavy atom. The molecule has 2 heterocycles. The summed E-state index contributed by atoms with van der Waals surface area (Å²) in [5.74, 6) is 0.751. The zero-order chi connectivity index (χ0) is 13.0. The van der Waals surface area contributed by atoms with Crippen LogP contribution in [0.4, 0.5) is 0 Å².